The van der Waals surface area contributed by atoms with Crippen LogP contribution >= 0.6 is 0 Å². The molecule has 1 heterocycles. The van der Waals surface area contributed by atoms with E-state index in [1.54, 1.807) is 24.3 Å². The second kappa shape index (κ2) is 4.61. The minimum absolute atomic E-state index is 0.429. The molecule has 1 atom stereocenters. The van der Waals surface area contributed by atoms with Gasteiger partial charge in [-0.05, 0) is 26.0 Å². The fourth-order valence-electron chi connectivity index (χ4n) is 2.17. The predicted octanol–water partition coefficient (Wildman–Crippen LogP) is -0.163. The molecule has 4 N–H and O–H groups in total. The molecule has 0 amide bonds. The molecule has 1 unspecified atom stereocenters. The van der Waals surface area contributed by atoms with Crippen LogP contribution in [-0.4, -0.2) is 26.7 Å². The Bertz CT molecular complexity index is 788. The number of nitrogens with zero attached hydrogens (tertiary/aromatic N) is 1. The second-order valence-electron chi connectivity index (χ2n) is 5.08. The molecule has 0 saturated carbocycles. The van der Waals surface area contributed by atoms with Crippen LogP contribution in [0.25, 0.3) is 11.0 Å². The molecule has 1 aromatic heterocycles. The van der Waals surface area contributed by atoms with Crippen LogP contribution < -0.4 is 16.9 Å². The number of hydrogen-bond donors (Lipinski definition) is 3. The van der Waals surface area contributed by atoms with Crippen molar-refractivity contribution in [3.8, 4) is 0 Å². The van der Waals surface area contributed by atoms with Crippen molar-refractivity contribution in [1.29, 1.82) is 0 Å². The summed E-state index contributed by atoms with van der Waals surface area (Å²) in [6.45, 7) is 3.03. The summed E-state index contributed by atoms with van der Waals surface area (Å²) < 4.78 is 1.14. The first-order valence-electron chi connectivity index (χ1n) is 5.99. The molecule has 0 radical (unpaired) electrons. The third kappa shape index (κ3) is 2.01. The van der Waals surface area contributed by atoms with E-state index in [0.717, 1.165) is 4.57 Å². The number of carbonyl (C=O) groups is 1. The molecule has 0 bridgehead atoms. The lowest BCUT2D eigenvalue weighted by atomic mass is 9.94. The minimum atomic E-state index is -1.33. The zero-order valence-electron chi connectivity index (χ0n) is 11.1. The number of aromatic amines is 1. The highest BCUT2D eigenvalue weighted by atomic mass is 16.4. The zero-order chi connectivity index (χ0) is 15.1. The Kier molecular flexibility index (Phi) is 3.23. The van der Waals surface area contributed by atoms with Gasteiger partial charge in [0.05, 0.1) is 16.6 Å². The first-order valence-corrected chi connectivity index (χ1v) is 5.99. The number of carboxylic acids is 1. The highest BCUT2D eigenvalue weighted by Gasteiger charge is 2.36. The Morgan fingerprint density at radius 1 is 1.35 bits per heavy atom. The van der Waals surface area contributed by atoms with E-state index < -0.39 is 28.7 Å². The number of aliphatic carboxylic acids is 1. The molecular formula is C13H15N3O4. The summed E-state index contributed by atoms with van der Waals surface area (Å²) in [6.07, 6.45) is 0. The summed E-state index contributed by atoms with van der Waals surface area (Å²) >= 11 is 0. The Balaban J connectivity index is 2.89. The van der Waals surface area contributed by atoms with E-state index in [9.17, 15) is 14.4 Å². The Hall–Kier alpha value is -2.41. The van der Waals surface area contributed by atoms with Crippen LogP contribution in [0.5, 0.6) is 0 Å². The lowest BCUT2D eigenvalue weighted by molar-refractivity contribution is -0.140. The van der Waals surface area contributed by atoms with Crippen molar-refractivity contribution in [2.24, 2.45) is 5.73 Å². The van der Waals surface area contributed by atoms with E-state index in [4.69, 9.17) is 10.8 Å². The predicted molar refractivity (Wildman–Crippen MR) is 73.8 cm³/mol. The van der Waals surface area contributed by atoms with Crippen molar-refractivity contribution < 1.29 is 9.90 Å². The molecular weight excluding hydrogens is 262 g/mol. The van der Waals surface area contributed by atoms with Crippen LogP contribution in [0.2, 0.25) is 0 Å². The maximum absolute atomic E-state index is 12.1. The van der Waals surface area contributed by atoms with Crippen LogP contribution in [0.15, 0.2) is 33.9 Å². The molecule has 2 aromatic rings. The largest absolute Gasteiger partial charge is 0.480 e. The van der Waals surface area contributed by atoms with Crippen molar-refractivity contribution >= 4 is 17.0 Å². The van der Waals surface area contributed by atoms with Crippen molar-refractivity contribution in [1.82, 2.24) is 9.55 Å². The average molecular weight is 277 g/mol. The highest BCUT2D eigenvalue weighted by molar-refractivity contribution is 5.77. The van der Waals surface area contributed by atoms with Crippen LogP contribution in [0, 0.1) is 0 Å². The quantitative estimate of drug-likeness (QED) is 0.673. The van der Waals surface area contributed by atoms with Gasteiger partial charge in [0.2, 0.25) is 0 Å². The Labute approximate surface area is 113 Å². The molecule has 0 aliphatic carbocycles. The van der Waals surface area contributed by atoms with Crippen LogP contribution in [0.1, 0.15) is 13.8 Å². The fraction of sp³-hybridized carbons (Fsp3) is 0.308. The van der Waals surface area contributed by atoms with E-state index in [1.807, 2.05) is 0 Å². The average Bonchev–Trinajstić information content (AvgIpc) is 2.38. The maximum Gasteiger partial charge on any atom is 0.322 e. The zero-order valence-corrected chi connectivity index (χ0v) is 11.1. The molecule has 0 spiro atoms. The van der Waals surface area contributed by atoms with E-state index in [-0.39, 0.29) is 0 Å². The molecule has 0 saturated heterocycles. The van der Waals surface area contributed by atoms with E-state index in [2.05, 4.69) is 4.98 Å². The first kappa shape index (κ1) is 14.0. The molecule has 106 valence electrons. The SMILES string of the molecule is CC(C)(C(N)C(=O)O)n1c(=O)c(=O)[nH]c2ccccc21. The number of nitrogens with one attached hydrogen (secondary N) is 1. The maximum atomic E-state index is 12.1. The molecule has 0 fully saturated rings. The topological polar surface area (TPSA) is 118 Å². The second-order valence-corrected chi connectivity index (χ2v) is 5.08. The van der Waals surface area contributed by atoms with Crippen LogP contribution in [0.3, 0.4) is 0 Å². The molecule has 20 heavy (non-hydrogen) atoms. The van der Waals surface area contributed by atoms with Gasteiger partial charge in [-0.1, -0.05) is 12.1 Å². The van der Waals surface area contributed by atoms with Gasteiger partial charge in [-0.3, -0.25) is 19.0 Å². The van der Waals surface area contributed by atoms with Gasteiger partial charge in [0.15, 0.2) is 0 Å². The van der Waals surface area contributed by atoms with Crippen molar-refractivity contribution in [3.63, 3.8) is 0 Å². The van der Waals surface area contributed by atoms with Gasteiger partial charge in [-0.15, -0.1) is 0 Å². The van der Waals surface area contributed by atoms with E-state index in [0.29, 0.717) is 11.0 Å². The number of nitrogens with two attached hydrogens (primary N) is 1. The van der Waals surface area contributed by atoms with Gasteiger partial charge in [0.25, 0.3) is 0 Å². The standard InChI is InChI=1S/C13H15N3O4/c1-13(2,9(14)12(19)20)16-8-6-4-3-5-7(8)15-10(17)11(16)18/h3-6,9H,14H2,1-2H3,(H,15,17)(H,19,20). The summed E-state index contributed by atoms with van der Waals surface area (Å²) in [5.41, 5.74) is 3.65. The summed E-state index contributed by atoms with van der Waals surface area (Å²) in [4.78, 5) is 37.4. The lowest BCUT2D eigenvalue weighted by Crippen LogP contribution is -2.56. The van der Waals surface area contributed by atoms with Gasteiger partial charge >= 0.3 is 17.1 Å². The summed E-state index contributed by atoms with van der Waals surface area (Å²) in [5, 5.41) is 9.08. The summed E-state index contributed by atoms with van der Waals surface area (Å²) in [7, 11) is 0. The molecule has 2 rings (SSSR count). The van der Waals surface area contributed by atoms with Crippen molar-refractivity contribution in [3.05, 3.63) is 45.0 Å². The van der Waals surface area contributed by atoms with Gasteiger partial charge in [-0.2, -0.15) is 0 Å². The molecule has 1 aromatic carbocycles. The number of hydrogen-bond acceptors (Lipinski definition) is 4. The number of carboxylic acid groups (broad SMARTS) is 1. The normalized spacial score (nSPS) is 13.3. The van der Waals surface area contributed by atoms with Crippen molar-refractivity contribution in [2.75, 3.05) is 0 Å². The first-order chi connectivity index (χ1) is 9.26. The fourth-order valence-corrected chi connectivity index (χ4v) is 2.17. The Morgan fingerprint density at radius 2 is 1.95 bits per heavy atom. The third-order valence-corrected chi connectivity index (χ3v) is 3.39. The Morgan fingerprint density at radius 3 is 2.55 bits per heavy atom. The monoisotopic (exact) mass is 277 g/mol. The van der Waals surface area contributed by atoms with Gasteiger partial charge in [0.1, 0.15) is 6.04 Å². The molecule has 7 nitrogen and oxygen atoms in total. The van der Waals surface area contributed by atoms with Crippen LogP contribution in [-0.2, 0) is 10.3 Å². The number of rotatable bonds is 3. The van der Waals surface area contributed by atoms with E-state index >= 15 is 0 Å². The number of fused-ring (bicyclic) bond motifs is 1. The van der Waals surface area contributed by atoms with Crippen LogP contribution in [0.4, 0.5) is 0 Å². The van der Waals surface area contributed by atoms with E-state index in [1.165, 1.54) is 13.8 Å². The minimum Gasteiger partial charge on any atom is -0.480 e. The van der Waals surface area contributed by atoms with Gasteiger partial charge < -0.3 is 15.8 Å². The number of para-hydroxylation sites is 2. The lowest BCUT2D eigenvalue weighted by Gasteiger charge is -2.32. The smallest absolute Gasteiger partial charge is 0.322 e. The summed E-state index contributed by atoms with van der Waals surface area (Å²) in [6, 6.07) is 5.33. The number of H-pyrrole nitrogens is 1. The number of aromatic nitrogens is 2. The molecule has 7 heteroatoms. The summed E-state index contributed by atoms with van der Waals surface area (Å²) in [5.74, 6) is -1.24. The third-order valence-electron chi connectivity index (χ3n) is 3.39. The van der Waals surface area contributed by atoms with Crippen molar-refractivity contribution in [2.45, 2.75) is 25.4 Å². The molecule has 0 aliphatic rings. The van der Waals surface area contributed by atoms with Gasteiger partial charge in [0, 0.05) is 0 Å². The number of benzene rings is 1. The molecule has 0 aliphatic heterocycles. The highest BCUT2D eigenvalue weighted by Crippen LogP contribution is 2.21. The van der Waals surface area contributed by atoms with Gasteiger partial charge in [-0.25, -0.2) is 0 Å².